The molecule has 0 amide bonds. The standard InChI is InChI=1S/C14H24.C8H8O.5CO.W/c1-3-5-7-9-11-13-14-12-10-8-6-4-2;1-9-7-8-5-3-2-4-6-8;5*1-2;/h3,9-12H,1,4-8,13-14H2,2H3;1-6H,7H2;;;;;;. The van der Waals surface area contributed by atoms with Crippen molar-refractivity contribution < 1.29 is 49.8 Å². The molecule has 182 valence electrons. The van der Waals surface area contributed by atoms with Gasteiger partial charge in [-0.15, -0.1) is 6.58 Å². The average Bonchev–Trinajstić information content (AvgIpc) is 2.92. The van der Waals surface area contributed by atoms with Crippen LogP contribution in [0.25, 0.3) is 0 Å². The summed E-state index contributed by atoms with van der Waals surface area (Å²) in [7, 11) is 4.86. The van der Waals surface area contributed by atoms with Crippen molar-refractivity contribution in [2.24, 2.45) is 0 Å². The summed E-state index contributed by atoms with van der Waals surface area (Å²) in [6, 6.07) is 9.79. The third-order valence-corrected chi connectivity index (χ3v) is 3.19. The second-order valence-electron chi connectivity index (χ2n) is 5.33. The molecule has 0 atom stereocenters. The van der Waals surface area contributed by atoms with Crippen LogP contribution in [-0.4, -0.2) is 33.9 Å². The van der Waals surface area contributed by atoms with Crippen LogP contribution >= 0.6 is 0 Å². The van der Waals surface area contributed by atoms with Crippen LogP contribution in [0.1, 0.15) is 57.4 Å². The summed E-state index contributed by atoms with van der Waals surface area (Å²) in [6.07, 6.45) is 19.6. The minimum Gasteiger partial charge on any atom is -0.368 e. The van der Waals surface area contributed by atoms with E-state index in [1.807, 2.05) is 36.4 Å². The molecule has 0 aromatic heterocycles. The van der Waals surface area contributed by atoms with E-state index in [0.717, 1.165) is 18.4 Å². The van der Waals surface area contributed by atoms with Crippen molar-refractivity contribution in [2.45, 2.75) is 58.5 Å². The van der Waals surface area contributed by atoms with Gasteiger partial charge in [0.1, 0.15) is 7.11 Å². The third-order valence-electron chi connectivity index (χ3n) is 3.19. The summed E-state index contributed by atoms with van der Waals surface area (Å²) >= 11 is 0. The zero-order valence-electron chi connectivity index (χ0n) is 19.6. The Morgan fingerprint density at radius 3 is 1.47 bits per heavy atom. The number of benzene rings is 1. The Balaban J connectivity index is -0.0000000630. The Kier molecular flexibility index (Phi) is 100. The molecule has 0 N–H and O–H groups in total. The number of unbranched alkanes of at least 4 members (excludes halogenated alkanes) is 4. The Bertz CT molecular complexity index is 484. The second kappa shape index (κ2) is 69.8. The number of hydrogen-bond donors (Lipinski definition) is 0. The quantitative estimate of drug-likeness (QED) is 0.253. The van der Waals surface area contributed by atoms with Crippen molar-refractivity contribution >= 4 is 33.9 Å². The van der Waals surface area contributed by atoms with Crippen molar-refractivity contribution in [3.63, 3.8) is 0 Å². The zero-order valence-corrected chi connectivity index (χ0v) is 22.5. The fourth-order valence-electron chi connectivity index (χ4n) is 1.87. The van der Waals surface area contributed by atoms with Gasteiger partial charge in [-0.2, -0.15) is 0 Å². The fraction of sp³-hybridized carbons (Fsp3) is 0.333. The minimum atomic E-state index is 0. The smallest absolute Gasteiger partial charge is 0.281 e. The van der Waals surface area contributed by atoms with Crippen LogP contribution in [0, 0.1) is 7.11 Å². The summed E-state index contributed by atoms with van der Waals surface area (Å²) in [5.41, 5.74) is 1.10. The molecule has 0 unspecified atom stereocenters. The molecule has 1 rings (SSSR count). The van der Waals surface area contributed by atoms with E-state index < -0.39 is 0 Å². The zero-order chi connectivity index (χ0) is 27.0. The Morgan fingerprint density at radius 1 is 0.735 bits per heavy atom. The van der Waals surface area contributed by atoms with Gasteiger partial charge in [0.2, 0.25) is 0 Å². The van der Waals surface area contributed by atoms with Crippen molar-refractivity contribution in [3.8, 4) is 0 Å². The monoisotopic (exact) mass is 636 g/mol. The number of rotatable bonds is 11. The van der Waals surface area contributed by atoms with Crippen LogP contribution in [0.3, 0.4) is 0 Å². The Morgan fingerprint density at radius 2 is 1.12 bits per heavy atom. The van der Waals surface area contributed by atoms with Crippen molar-refractivity contribution in [3.05, 3.63) is 80.0 Å². The van der Waals surface area contributed by atoms with Crippen molar-refractivity contribution in [1.82, 2.24) is 0 Å². The third kappa shape index (κ3) is 63.0. The average molecular weight is 636 g/mol. The Labute approximate surface area is 221 Å². The molecular formula is C27H32O6W. The molecule has 7 heteroatoms. The largest absolute Gasteiger partial charge is 0.368 e. The molecule has 0 spiro atoms. The van der Waals surface area contributed by atoms with Crippen LogP contribution < -0.4 is 0 Å². The van der Waals surface area contributed by atoms with E-state index in [0.29, 0.717) is 6.61 Å². The van der Waals surface area contributed by atoms with Crippen LogP contribution in [0.15, 0.2) is 67.3 Å². The summed E-state index contributed by atoms with van der Waals surface area (Å²) in [4.78, 5) is 37.5. The molecule has 0 aliphatic rings. The van der Waals surface area contributed by atoms with Gasteiger partial charge in [-0.25, -0.2) is 0 Å². The van der Waals surface area contributed by atoms with Gasteiger partial charge >= 0.3 is 0 Å². The topological polar surface area (TPSA) is 94.6 Å². The molecule has 0 aliphatic heterocycles. The predicted molar refractivity (Wildman–Crippen MR) is 130 cm³/mol. The number of carbonyl (C=O) groups excluding carboxylic acids is 5. The molecule has 0 heterocycles. The van der Waals surface area contributed by atoms with Crippen LogP contribution in [0.4, 0.5) is 0 Å². The van der Waals surface area contributed by atoms with Crippen LogP contribution in [-0.2, 0) is 56.4 Å². The summed E-state index contributed by atoms with van der Waals surface area (Å²) in [5, 5.41) is 0. The first-order valence-corrected chi connectivity index (χ1v) is 9.63. The van der Waals surface area contributed by atoms with Gasteiger partial charge in [-0.1, -0.05) is 80.5 Å². The molecular weight excluding hydrogens is 604 g/mol. The molecule has 34 heavy (non-hydrogen) atoms. The molecule has 12 radical (unpaired) electrons. The van der Waals surface area contributed by atoms with Gasteiger partial charge in [0.15, 0.2) is 0 Å². The number of allylic oxidation sites excluding steroid dienone is 5. The van der Waals surface area contributed by atoms with E-state index in [1.165, 1.54) is 32.1 Å². The maximum absolute atomic E-state index is 7.50. The van der Waals surface area contributed by atoms with Crippen molar-refractivity contribution in [1.29, 1.82) is 0 Å². The van der Waals surface area contributed by atoms with Gasteiger partial charge < -0.3 is 4.74 Å². The summed E-state index contributed by atoms with van der Waals surface area (Å²) < 4.78 is 4.43. The number of hydrogen-bond acceptors (Lipinski definition) is 6. The first-order chi connectivity index (χ1) is 16.3. The van der Waals surface area contributed by atoms with E-state index in [9.17, 15) is 0 Å². The van der Waals surface area contributed by atoms with Gasteiger partial charge in [-0.3, -0.25) is 24.0 Å². The molecule has 0 saturated heterocycles. The molecule has 1 aromatic carbocycles. The van der Waals surface area contributed by atoms with E-state index in [2.05, 4.69) is 76.5 Å². The predicted octanol–water partition coefficient (Wildman–Crippen LogP) is 4.92. The first kappa shape index (κ1) is 48.8. The van der Waals surface area contributed by atoms with E-state index >= 15 is 0 Å². The maximum atomic E-state index is 7.50. The molecule has 0 bridgehead atoms. The van der Waals surface area contributed by atoms with Gasteiger partial charge in [0.05, 0.1) is 6.61 Å². The second-order valence-corrected chi connectivity index (χ2v) is 5.33. The summed E-state index contributed by atoms with van der Waals surface area (Å²) in [6.45, 7) is 28.9. The summed E-state index contributed by atoms with van der Waals surface area (Å²) in [5.74, 6) is 0. The molecule has 1 aromatic rings. The minimum absolute atomic E-state index is 0. The van der Waals surface area contributed by atoms with Gasteiger partial charge in [0, 0.05) is 21.1 Å². The maximum Gasteiger partial charge on any atom is 0.281 e. The van der Waals surface area contributed by atoms with Gasteiger partial charge in [-0.05, 0) is 37.7 Å². The van der Waals surface area contributed by atoms with E-state index in [1.54, 1.807) is 0 Å². The number of ether oxygens (including phenoxy) is 1. The van der Waals surface area contributed by atoms with Gasteiger partial charge in [0.25, 0.3) is 33.9 Å². The SMILES string of the molecule is C=CCCC=CCCC=CCCCC.[CH]OCc1ccccc1.[C]=O.[C]=O.[C]=O.[C]=O.[C]=O.[W]. The first-order valence-electron chi connectivity index (χ1n) is 9.63. The fourth-order valence-corrected chi connectivity index (χ4v) is 1.87. The van der Waals surface area contributed by atoms with Crippen molar-refractivity contribution in [2.75, 3.05) is 0 Å². The molecule has 0 aliphatic carbocycles. The molecule has 0 saturated carbocycles. The molecule has 6 nitrogen and oxygen atoms in total. The van der Waals surface area contributed by atoms with Crippen LogP contribution in [0.5, 0.6) is 0 Å². The van der Waals surface area contributed by atoms with Crippen LogP contribution in [0.2, 0.25) is 0 Å². The molecule has 0 fully saturated rings. The van der Waals surface area contributed by atoms with E-state index in [4.69, 9.17) is 31.1 Å². The Hall–Kier alpha value is -2.56. The van der Waals surface area contributed by atoms with E-state index in [-0.39, 0.29) is 21.1 Å². The normalized spacial score (nSPS) is 7.82.